The van der Waals surface area contributed by atoms with E-state index in [2.05, 4.69) is 26.2 Å². The number of guanidine groups is 1. The Bertz CT molecular complexity index is 757. The van der Waals surface area contributed by atoms with Crippen LogP contribution in [0.5, 0.6) is 5.75 Å². The Morgan fingerprint density at radius 1 is 1.32 bits per heavy atom. The third-order valence-corrected chi connectivity index (χ3v) is 4.44. The molecule has 0 bridgehead atoms. The summed E-state index contributed by atoms with van der Waals surface area (Å²) in [5, 5.41) is 3.23. The first-order valence-electron chi connectivity index (χ1n) is 7.85. The van der Waals surface area contributed by atoms with Gasteiger partial charge in [0.2, 0.25) is 0 Å². The molecule has 1 aliphatic rings. The quantitative estimate of drug-likeness (QED) is 0.362. The monoisotopic (exact) mass is 519 g/mol. The van der Waals surface area contributed by atoms with E-state index < -0.39 is 0 Å². The molecule has 4 nitrogen and oxygen atoms in total. The molecule has 1 aliphatic heterocycles. The summed E-state index contributed by atoms with van der Waals surface area (Å²) in [6, 6.07) is 12.9. The van der Waals surface area contributed by atoms with Crippen molar-refractivity contribution in [3.63, 3.8) is 0 Å². The average molecular weight is 520 g/mol. The zero-order chi connectivity index (χ0) is 16.9. The van der Waals surface area contributed by atoms with E-state index in [1.54, 1.807) is 12.1 Å². The van der Waals surface area contributed by atoms with Gasteiger partial charge in [0, 0.05) is 23.0 Å². The van der Waals surface area contributed by atoms with Gasteiger partial charge >= 0.3 is 0 Å². The number of rotatable bonds is 4. The van der Waals surface area contributed by atoms with Gasteiger partial charge < -0.3 is 15.8 Å². The Labute approximate surface area is 172 Å². The Morgan fingerprint density at radius 2 is 2.12 bits per heavy atom. The van der Waals surface area contributed by atoms with Crippen LogP contribution in [0.1, 0.15) is 23.6 Å². The molecule has 0 aromatic heterocycles. The van der Waals surface area contributed by atoms with Crippen LogP contribution in [0, 0.1) is 5.82 Å². The van der Waals surface area contributed by atoms with Gasteiger partial charge in [-0.15, -0.1) is 24.0 Å². The summed E-state index contributed by atoms with van der Waals surface area (Å²) in [6.07, 6.45) is 1.32. The lowest BCUT2D eigenvalue weighted by Gasteiger charge is -2.26. The minimum atomic E-state index is -0.224. The first-order valence-corrected chi connectivity index (χ1v) is 8.65. The third kappa shape index (κ3) is 5.31. The first-order chi connectivity index (χ1) is 11.6. The summed E-state index contributed by atoms with van der Waals surface area (Å²) in [6.45, 7) is 1.07. The van der Waals surface area contributed by atoms with E-state index in [1.807, 2.05) is 24.3 Å². The highest BCUT2D eigenvalue weighted by molar-refractivity contribution is 14.0. The molecule has 0 spiro atoms. The summed E-state index contributed by atoms with van der Waals surface area (Å²) in [5.74, 6) is 1.02. The van der Waals surface area contributed by atoms with Crippen molar-refractivity contribution in [3.05, 3.63) is 63.9 Å². The Morgan fingerprint density at radius 3 is 2.96 bits per heavy atom. The molecule has 0 saturated heterocycles. The van der Waals surface area contributed by atoms with E-state index >= 15 is 0 Å². The number of hydrogen-bond acceptors (Lipinski definition) is 2. The van der Waals surface area contributed by atoms with Gasteiger partial charge in [-0.1, -0.05) is 34.1 Å². The third-order valence-electron chi connectivity index (χ3n) is 3.95. The van der Waals surface area contributed by atoms with Crippen molar-refractivity contribution in [2.75, 3.05) is 13.2 Å². The Hall–Kier alpha value is -1.35. The smallest absolute Gasteiger partial charge is 0.189 e. The molecular formula is C18H20BrFIN3O. The van der Waals surface area contributed by atoms with E-state index in [4.69, 9.17) is 10.5 Å². The maximum atomic E-state index is 13.7. The van der Waals surface area contributed by atoms with Crippen molar-refractivity contribution in [2.45, 2.75) is 18.9 Å². The van der Waals surface area contributed by atoms with Crippen molar-refractivity contribution >= 4 is 45.9 Å². The number of fused-ring (bicyclic) bond motifs is 1. The minimum absolute atomic E-state index is 0. The topological polar surface area (TPSA) is 59.6 Å². The molecule has 0 aliphatic carbocycles. The Kier molecular flexibility index (Phi) is 7.49. The van der Waals surface area contributed by atoms with Crippen LogP contribution < -0.4 is 15.8 Å². The Balaban J connectivity index is 0.00000225. The van der Waals surface area contributed by atoms with Crippen molar-refractivity contribution in [1.82, 2.24) is 5.32 Å². The summed E-state index contributed by atoms with van der Waals surface area (Å²) in [5.41, 5.74) is 7.69. The van der Waals surface area contributed by atoms with Crippen LogP contribution in [0.4, 0.5) is 4.39 Å². The molecule has 0 fully saturated rings. The van der Waals surface area contributed by atoms with E-state index in [-0.39, 0.29) is 35.8 Å². The predicted octanol–water partition coefficient (Wildman–Crippen LogP) is 4.18. The second-order valence-corrected chi connectivity index (χ2v) is 6.54. The molecule has 2 aromatic rings. The fourth-order valence-electron chi connectivity index (χ4n) is 2.75. The summed E-state index contributed by atoms with van der Waals surface area (Å²) in [4.78, 5) is 4.32. The largest absolute Gasteiger partial charge is 0.493 e. The summed E-state index contributed by atoms with van der Waals surface area (Å²) >= 11 is 3.35. The fraction of sp³-hybridized carbons (Fsp3) is 0.278. The second kappa shape index (κ2) is 9.38. The fourth-order valence-corrected chi connectivity index (χ4v) is 3.16. The number of nitrogens with one attached hydrogen (secondary N) is 1. The molecule has 3 rings (SSSR count). The van der Waals surface area contributed by atoms with Crippen LogP contribution in [-0.2, 0) is 6.42 Å². The van der Waals surface area contributed by atoms with Crippen molar-refractivity contribution in [2.24, 2.45) is 10.7 Å². The maximum absolute atomic E-state index is 13.7. The lowest BCUT2D eigenvalue weighted by atomic mass is 10.0. The van der Waals surface area contributed by atoms with E-state index in [0.717, 1.165) is 22.2 Å². The number of nitrogens with two attached hydrogens (primary N) is 1. The summed E-state index contributed by atoms with van der Waals surface area (Å²) in [7, 11) is 0. The van der Waals surface area contributed by atoms with Gasteiger partial charge in [0.15, 0.2) is 5.96 Å². The maximum Gasteiger partial charge on any atom is 0.189 e. The number of ether oxygens (including phenoxy) is 1. The molecule has 25 heavy (non-hydrogen) atoms. The molecule has 2 aromatic carbocycles. The normalized spacial score (nSPS) is 16.4. The molecule has 134 valence electrons. The first kappa shape index (κ1) is 20.0. The van der Waals surface area contributed by atoms with Crippen LogP contribution in [0.2, 0.25) is 0 Å². The standard InChI is InChI=1S/C18H19BrFN3O.HI/c19-13-5-6-15(20)12(11-13)7-9-22-18(21)23-16-8-10-24-17-4-2-1-3-14(16)17;/h1-6,11,16H,7-10H2,(H3,21,22,23);1H. The molecule has 0 saturated carbocycles. The second-order valence-electron chi connectivity index (χ2n) is 5.62. The molecular weight excluding hydrogens is 500 g/mol. The minimum Gasteiger partial charge on any atom is -0.493 e. The zero-order valence-electron chi connectivity index (χ0n) is 13.5. The molecule has 0 amide bonds. The van der Waals surface area contributed by atoms with Gasteiger partial charge in [-0.25, -0.2) is 4.39 Å². The molecule has 1 heterocycles. The highest BCUT2D eigenvalue weighted by atomic mass is 127. The van der Waals surface area contributed by atoms with Gasteiger partial charge in [0.25, 0.3) is 0 Å². The lowest BCUT2D eigenvalue weighted by Crippen LogP contribution is -2.37. The number of aliphatic imine (C=N–C) groups is 1. The number of benzene rings is 2. The number of nitrogens with zero attached hydrogens (tertiary/aromatic N) is 1. The SMILES string of the molecule is I.NC(=NCCc1cc(Br)ccc1F)NC1CCOc2ccccc21. The zero-order valence-corrected chi connectivity index (χ0v) is 17.5. The molecule has 0 radical (unpaired) electrons. The van der Waals surface area contributed by atoms with Gasteiger partial charge in [-0.2, -0.15) is 0 Å². The van der Waals surface area contributed by atoms with Gasteiger partial charge in [0.05, 0.1) is 12.6 Å². The van der Waals surface area contributed by atoms with Gasteiger partial charge in [0.1, 0.15) is 11.6 Å². The number of halogens is 3. The molecule has 1 atom stereocenters. The predicted molar refractivity (Wildman–Crippen MR) is 112 cm³/mol. The van der Waals surface area contributed by atoms with Gasteiger partial charge in [-0.05, 0) is 36.2 Å². The summed E-state index contributed by atoms with van der Waals surface area (Å²) < 4.78 is 20.2. The highest BCUT2D eigenvalue weighted by Gasteiger charge is 2.21. The van der Waals surface area contributed by atoms with E-state index in [1.165, 1.54) is 6.07 Å². The van der Waals surface area contributed by atoms with E-state index in [0.29, 0.717) is 31.1 Å². The van der Waals surface area contributed by atoms with E-state index in [9.17, 15) is 4.39 Å². The molecule has 7 heteroatoms. The number of hydrogen-bond donors (Lipinski definition) is 2. The molecule has 3 N–H and O–H groups in total. The van der Waals surface area contributed by atoms with Crippen LogP contribution in [0.25, 0.3) is 0 Å². The van der Waals surface area contributed by atoms with Gasteiger partial charge in [-0.3, -0.25) is 4.99 Å². The van der Waals surface area contributed by atoms with Crippen molar-refractivity contribution < 1.29 is 9.13 Å². The van der Waals surface area contributed by atoms with Crippen LogP contribution in [0.15, 0.2) is 51.9 Å². The van der Waals surface area contributed by atoms with Crippen LogP contribution in [0.3, 0.4) is 0 Å². The highest BCUT2D eigenvalue weighted by Crippen LogP contribution is 2.31. The van der Waals surface area contributed by atoms with Crippen molar-refractivity contribution in [3.8, 4) is 5.75 Å². The van der Waals surface area contributed by atoms with Crippen LogP contribution in [-0.4, -0.2) is 19.1 Å². The average Bonchev–Trinajstić information content (AvgIpc) is 2.58. The number of para-hydroxylation sites is 1. The lowest BCUT2D eigenvalue weighted by molar-refractivity contribution is 0.262. The van der Waals surface area contributed by atoms with Crippen LogP contribution >= 0.6 is 39.9 Å². The van der Waals surface area contributed by atoms with Crippen molar-refractivity contribution in [1.29, 1.82) is 0 Å². The molecule has 1 unspecified atom stereocenters.